The summed E-state index contributed by atoms with van der Waals surface area (Å²) in [6.45, 7) is 3.81. The highest BCUT2D eigenvalue weighted by Crippen LogP contribution is 2.33. The molecular formula is C23H21N9O2S. The van der Waals surface area contributed by atoms with Gasteiger partial charge in [-0.15, -0.1) is 27.3 Å². The minimum Gasteiger partial charge on any atom is -0.368 e. The summed E-state index contributed by atoms with van der Waals surface area (Å²) in [6, 6.07) is 3.69. The fraction of sp³-hybridized carbons (Fsp3) is 0.174. The number of hydrogen-bond acceptors (Lipinski definition) is 7. The molecule has 12 heteroatoms. The van der Waals surface area contributed by atoms with Gasteiger partial charge in [0.25, 0.3) is 5.91 Å². The Hall–Kier alpha value is -4.54. The summed E-state index contributed by atoms with van der Waals surface area (Å²) >= 11 is 1.63. The Kier molecular flexibility index (Phi) is 5.73. The third kappa shape index (κ3) is 4.47. The van der Waals surface area contributed by atoms with Crippen molar-refractivity contribution < 1.29 is 9.59 Å². The average Bonchev–Trinajstić information content (AvgIpc) is 3.60. The molecule has 176 valence electrons. The first kappa shape index (κ1) is 22.3. The number of imidazole rings is 1. The van der Waals surface area contributed by atoms with E-state index in [0.29, 0.717) is 28.4 Å². The van der Waals surface area contributed by atoms with Gasteiger partial charge in [-0.2, -0.15) is 5.10 Å². The van der Waals surface area contributed by atoms with Crippen molar-refractivity contribution in [3.05, 3.63) is 76.5 Å². The number of H-pyrrole nitrogens is 1. The SMILES string of the molecule is Cc1ccc(-c2cnc3n2C=C(C(=O)N[C@@H](C)c2nnc[nH]2)C=C=C3c2cnn(CC(N)=O)c2)s1. The molecule has 0 saturated heterocycles. The Morgan fingerprint density at radius 3 is 2.89 bits per heavy atom. The molecule has 0 bridgehead atoms. The molecule has 0 fully saturated rings. The Balaban J connectivity index is 1.58. The van der Waals surface area contributed by atoms with Gasteiger partial charge in [0.1, 0.15) is 12.9 Å². The fourth-order valence-corrected chi connectivity index (χ4v) is 4.55. The fourth-order valence-electron chi connectivity index (χ4n) is 3.67. The van der Waals surface area contributed by atoms with Gasteiger partial charge >= 0.3 is 0 Å². The van der Waals surface area contributed by atoms with Gasteiger partial charge in [-0.25, -0.2) is 4.98 Å². The van der Waals surface area contributed by atoms with Gasteiger partial charge in [-0.1, -0.05) is 0 Å². The molecule has 4 aromatic heterocycles. The lowest BCUT2D eigenvalue weighted by Crippen LogP contribution is -2.28. The number of primary amides is 1. The Morgan fingerprint density at radius 1 is 1.31 bits per heavy atom. The molecule has 0 aromatic carbocycles. The normalized spacial score (nSPS) is 13.5. The lowest BCUT2D eigenvalue weighted by molar-refractivity contribution is -0.119. The first-order valence-electron chi connectivity index (χ1n) is 10.7. The molecule has 35 heavy (non-hydrogen) atoms. The second kappa shape index (κ2) is 9.01. The van der Waals surface area contributed by atoms with E-state index in [0.717, 1.165) is 15.4 Å². The van der Waals surface area contributed by atoms with E-state index in [4.69, 9.17) is 5.73 Å². The molecule has 0 aliphatic carbocycles. The summed E-state index contributed by atoms with van der Waals surface area (Å²) in [5, 5.41) is 14.9. The van der Waals surface area contributed by atoms with Crippen LogP contribution >= 0.6 is 11.3 Å². The van der Waals surface area contributed by atoms with Crippen molar-refractivity contribution in [3.8, 4) is 10.6 Å². The molecule has 0 saturated carbocycles. The molecule has 1 atom stereocenters. The van der Waals surface area contributed by atoms with Crippen LogP contribution in [0, 0.1) is 6.92 Å². The molecule has 0 unspecified atom stereocenters. The third-order valence-corrected chi connectivity index (χ3v) is 6.37. The minimum absolute atomic E-state index is 0.0451. The summed E-state index contributed by atoms with van der Waals surface area (Å²) < 4.78 is 3.32. The predicted octanol–water partition coefficient (Wildman–Crippen LogP) is 2.04. The maximum Gasteiger partial charge on any atom is 0.253 e. The van der Waals surface area contributed by atoms with Gasteiger partial charge in [-0.3, -0.25) is 18.8 Å². The number of carbonyl (C=O) groups excluding carboxylic acids is 2. The van der Waals surface area contributed by atoms with Gasteiger partial charge < -0.3 is 16.0 Å². The van der Waals surface area contributed by atoms with Crippen molar-refractivity contribution in [2.75, 3.05) is 0 Å². The quantitative estimate of drug-likeness (QED) is 0.340. The highest BCUT2D eigenvalue weighted by molar-refractivity contribution is 7.15. The zero-order chi connectivity index (χ0) is 24.5. The number of aryl methyl sites for hydroxylation is 1. The smallest absolute Gasteiger partial charge is 0.253 e. The first-order valence-corrected chi connectivity index (χ1v) is 11.5. The van der Waals surface area contributed by atoms with E-state index in [9.17, 15) is 9.59 Å². The molecule has 5 heterocycles. The monoisotopic (exact) mass is 487 g/mol. The zero-order valence-corrected chi connectivity index (χ0v) is 19.7. The highest BCUT2D eigenvalue weighted by atomic mass is 32.1. The van der Waals surface area contributed by atoms with E-state index in [1.165, 1.54) is 11.0 Å². The van der Waals surface area contributed by atoms with Gasteiger partial charge in [-0.05, 0) is 32.1 Å². The number of thiophene rings is 1. The standard InChI is InChI=1S/C23H21N9O2S/c1-13-3-6-19(35-13)18-8-25-22-17(16-7-28-31(9-16)11-20(24)33)5-4-15(10-32(18)22)23(34)29-14(2)21-26-12-27-30-21/h3-4,6-10,12,14H,11H2,1-2H3,(H2,24,33)(H,29,34)(H,26,27,30)/t14-/m0/s1. The van der Waals surface area contributed by atoms with E-state index in [-0.39, 0.29) is 18.5 Å². The van der Waals surface area contributed by atoms with E-state index in [2.05, 4.69) is 36.3 Å². The predicted molar refractivity (Wildman–Crippen MR) is 130 cm³/mol. The van der Waals surface area contributed by atoms with Crippen LogP contribution in [-0.4, -0.2) is 46.3 Å². The molecular weight excluding hydrogens is 466 g/mol. The summed E-state index contributed by atoms with van der Waals surface area (Å²) in [7, 11) is 0. The largest absolute Gasteiger partial charge is 0.368 e. The topological polar surface area (TPSA) is 149 Å². The van der Waals surface area contributed by atoms with Gasteiger partial charge in [0, 0.05) is 22.8 Å². The van der Waals surface area contributed by atoms with E-state index in [1.54, 1.807) is 42.2 Å². The summed E-state index contributed by atoms with van der Waals surface area (Å²) in [5.41, 5.74) is 11.0. The van der Waals surface area contributed by atoms with Crippen molar-refractivity contribution in [3.63, 3.8) is 0 Å². The second-order valence-electron chi connectivity index (χ2n) is 7.96. The van der Waals surface area contributed by atoms with Crippen LogP contribution in [0.1, 0.15) is 35.1 Å². The third-order valence-electron chi connectivity index (χ3n) is 5.35. The minimum atomic E-state index is -0.497. The Labute approximate surface area is 203 Å². The Bertz CT molecular complexity index is 1510. The molecule has 4 N–H and O–H groups in total. The van der Waals surface area contributed by atoms with E-state index in [1.807, 2.05) is 30.5 Å². The molecule has 1 aliphatic heterocycles. The van der Waals surface area contributed by atoms with Crippen molar-refractivity contribution in [2.24, 2.45) is 5.73 Å². The summed E-state index contributed by atoms with van der Waals surface area (Å²) in [5.74, 6) is 0.336. The highest BCUT2D eigenvalue weighted by Gasteiger charge is 2.22. The number of carbonyl (C=O) groups is 2. The second-order valence-corrected chi connectivity index (χ2v) is 9.25. The number of nitrogens with zero attached hydrogens (tertiary/aromatic N) is 6. The number of aromatic amines is 1. The number of fused-ring (bicyclic) bond motifs is 1. The molecule has 1 aliphatic rings. The van der Waals surface area contributed by atoms with Crippen LogP contribution in [0.5, 0.6) is 0 Å². The number of rotatable bonds is 7. The Morgan fingerprint density at radius 2 is 2.17 bits per heavy atom. The van der Waals surface area contributed by atoms with Crippen molar-refractivity contribution >= 4 is 34.9 Å². The number of nitrogens with one attached hydrogen (secondary N) is 2. The van der Waals surface area contributed by atoms with Crippen LogP contribution in [-0.2, 0) is 16.1 Å². The van der Waals surface area contributed by atoms with Crippen molar-refractivity contribution in [1.29, 1.82) is 0 Å². The lowest BCUT2D eigenvalue weighted by atomic mass is 10.1. The van der Waals surface area contributed by atoms with Gasteiger partial charge in [0.05, 0.1) is 40.2 Å². The molecule has 0 spiro atoms. The molecule has 11 nitrogen and oxygen atoms in total. The molecule has 2 amide bonds. The van der Waals surface area contributed by atoms with Crippen LogP contribution in [0.4, 0.5) is 0 Å². The van der Waals surface area contributed by atoms with E-state index < -0.39 is 5.91 Å². The average molecular weight is 488 g/mol. The van der Waals surface area contributed by atoms with Crippen LogP contribution in [0.25, 0.3) is 22.3 Å². The van der Waals surface area contributed by atoms with Crippen LogP contribution < -0.4 is 11.1 Å². The summed E-state index contributed by atoms with van der Waals surface area (Å²) in [6.07, 6.45) is 9.90. The van der Waals surface area contributed by atoms with Crippen LogP contribution in [0.2, 0.25) is 0 Å². The number of amides is 2. The van der Waals surface area contributed by atoms with Crippen molar-refractivity contribution in [1.82, 2.24) is 39.8 Å². The lowest BCUT2D eigenvalue weighted by Gasteiger charge is -2.12. The summed E-state index contributed by atoms with van der Waals surface area (Å²) in [4.78, 5) is 34.2. The van der Waals surface area contributed by atoms with Gasteiger partial charge in [0.15, 0.2) is 11.6 Å². The molecule has 5 rings (SSSR count). The maximum atomic E-state index is 13.2. The molecule has 0 radical (unpaired) electrons. The zero-order valence-electron chi connectivity index (χ0n) is 18.9. The first-order chi connectivity index (χ1) is 16.9. The number of nitrogens with two attached hydrogens (primary N) is 1. The van der Waals surface area contributed by atoms with Crippen molar-refractivity contribution in [2.45, 2.75) is 26.4 Å². The van der Waals surface area contributed by atoms with Crippen LogP contribution in [0.15, 0.2) is 54.4 Å². The van der Waals surface area contributed by atoms with E-state index >= 15 is 0 Å². The van der Waals surface area contributed by atoms with Gasteiger partial charge in [0.2, 0.25) is 5.91 Å². The number of aromatic nitrogens is 7. The maximum absolute atomic E-state index is 13.2. The van der Waals surface area contributed by atoms with Crippen LogP contribution in [0.3, 0.4) is 0 Å². The molecule has 4 aromatic rings. The number of hydrogen-bond donors (Lipinski definition) is 3.